The van der Waals surface area contributed by atoms with Gasteiger partial charge in [0.2, 0.25) is 0 Å². The molecule has 1 fully saturated rings. The summed E-state index contributed by atoms with van der Waals surface area (Å²) < 4.78 is 5.31. The lowest BCUT2D eigenvalue weighted by molar-refractivity contribution is -0.128. The number of aldehydes is 1. The largest absolute Gasteiger partial charge is 0.366 e. The van der Waals surface area contributed by atoms with Crippen molar-refractivity contribution in [2.24, 2.45) is 0 Å². The van der Waals surface area contributed by atoms with Crippen LogP contribution in [0.25, 0.3) is 0 Å². The monoisotopic (exact) mass is 143 g/mol. The number of carbonyl (C=O) groups excluding carboxylic acids is 1. The SMILES string of the molecule is CCOC1(C=O)CCNC1. The van der Waals surface area contributed by atoms with E-state index in [0.29, 0.717) is 13.2 Å². The van der Waals surface area contributed by atoms with Crippen LogP contribution in [0.4, 0.5) is 0 Å². The molecule has 1 saturated heterocycles. The summed E-state index contributed by atoms with van der Waals surface area (Å²) in [6, 6.07) is 0. The van der Waals surface area contributed by atoms with Gasteiger partial charge < -0.3 is 14.8 Å². The molecule has 0 radical (unpaired) electrons. The van der Waals surface area contributed by atoms with Crippen LogP contribution in [-0.4, -0.2) is 31.6 Å². The van der Waals surface area contributed by atoms with E-state index in [1.807, 2.05) is 6.92 Å². The first kappa shape index (κ1) is 7.69. The molecule has 0 saturated carbocycles. The third-order valence-electron chi connectivity index (χ3n) is 1.80. The minimum absolute atomic E-state index is 0.505. The van der Waals surface area contributed by atoms with Crippen LogP contribution in [0.3, 0.4) is 0 Å². The topological polar surface area (TPSA) is 38.3 Å². The Morgan fingerprint density at radius 3 is 3.00 bits per heavy atom. The van der Waals surface area contributed by atoms with Crippen LogP contribution in [-0.2, 0) is 9.53 Å². The van der Waals surface area contributed by atoms with E-state index in [4.69, 9.17) is 4.74 Å². The molecule has 1 unspecified atom stereocenters. The zero-order chi connectivity index (χ0) is 7.45. The summed E-state index contributed by atoms with van der Waals surface area (Å²) in [6.07, 6.45) is 1.72. The molecular formula is C7H13NO2. The Bertz CT molecular complexity index is 119. The first-order valence-electron chi connectivity index (χ1n) is 3.64. The van der Waals surface area contributed by atoms with Gasteiger partial charge in [-0.25, -0.2) is 0 Å². The summed E-state index contributed by atoms with van der Waals surface area (Å²) in [5.74, 6) is 0. The second-order valence-electron chi connectivity index (χ2n) is 2.54. The van der Waals surface area contributed by atoms with Crippen LogP contribution in [0.1, 0.15) is 13.3 Å². The first-order chi connectivity index (χ1) is 4.83. The third-order valence-corrected chi connectivity index (χ3v) is 1.80. The summed E-state index contributed by atoms with van der Waals surface area (Å²) in [6.45, 7) is 4.08. The van der Waals surface area contributed by atoms with Gasteiger partial charge in [0.1, 0.15) is 5.60 Å². The number of carbonyl (C=O) groups is 1. The molecule has 0 aliphatic carbocycles. The highest BCUT2D eigenvalue weighted by Crippen LogP contribution is 2.16. The molecule has 58 valence electrons. The van der Waals surface area contributed by atoms with Gasteiger partial charge in [0.25, 0.3) is 0 Å². The highest BCUT2D eigenvalue weighted by molar-refractivity contribution is 5.63. The van der Waals surface area contributed by atoms with Gasteiger partial charge in [-0.3, -0.25) is 0 Å². The van der Waals surface area contributed by atoms with Gasteiger partial charge in [0, 0.05) is 13.2 Å². The predicted octanol–water partition coefficient (Wildman–Crippen LogP) is -0.0461. The quantitative estimate of drug-likeness (QED) is 0.563. The minimum Gasteiger partial charge on any atom is -0.366 e. The second kappa shape index (κ2) is 3.12. The van der Waals surface area contributed by atoms with Gasteiger partial charge in [-0.05, 0) is 19.9 Å². The van der Waals surface area contributed by atoms with Gasteiger partial charge >= 0.3 is 0 Å². The summed E-state index contributed by atoms with van der Waals surface area (Å²) in [4.78, 5) is 10.6. The van der Waals surface area contributed by atoms with Gasteiger partial charge in [-0.15, -0.1) is 0 Å². The van der Waals surface area contributed by atoms with E-state index in [2.05, 4.69) is 5.32 Å². The predicted molar refractivity (Wildman–Crippen MR) is 37.9 cm³/mol. The molecule has 0 aromatic rings. The second-order valence-corrected chi connectivity index (χ2v) is 2.54. The molecule has 0 aromatic carbocycles. The van der Waals surface area contributed by atoms with Crippen molar-refractivity contribution in [1.82, 2.24) is 5.32 Å². The maximum atomic E-state index is 10.6. The van der Waals surface area contributed by atoms with E-state index < -0.39 is 5.60 Å². The minimum atomic E-state index is -0.505. The molecule has 1 N–H and O–H groups in total. The van der Waals surface area contributed by atoms with E-state index in [9.17, 15) is 4.79 Å². The number of hydrogen-bond donors (Lipinski definition) is 1. The maximum Gasteiger partial charge on any atom is 0.153 e. The van der Waals surface area contributed by atoms with E-state index in [0.717, 1.165) is 19.3 Å². The lowest BCUT2D eigenvalue weighted by Gasteiger charge is -2.20. The van der Waals surface area contributed by atoms with Crippen molar-refractivity contribution in [3.8, 4) is 0 Å². The molecule has 10 heavy (non-hydrogen) atoms. The fraction of sp³-hybridized carbons (Fsp3) is 0.857. The molecule has 1 heterocycles. The molecule has 0 spiro atoms. The Labute approximate surface area is 60.7 Å². The number of nitrogens with one attached hydrogen (secondary N) is 1. The molecule has 1 aliphatic rings. The standard InChI is InChI=1S/C7H13NO2/c1-2-10-7(6-9)3-4-8-5-7/h6,8H,2-5H2,1H3. The van der Waals surface area contributed by atoms with Gasteiger partial charge in [-0.2, -0.15) is 0 Å². The fourth-order valence-corrected chi connectivity index (χ4v) is 1.23. The van der Waals surface area contributed by atoms with Crippen molar-refractivity contribution in [3.05, 3.63) is 0 Å². The Balaban J connectivity index is 2.49. The normalized spacial score (nSPS) is 32.5. The summed E-state index contributed by atoms with van der Waals surface area (Å²) in [7, 11) is 0. The maximum absolute atomic E-state index is 10.6. The van der Waals surface area contributed by atoms with Crippen LogP contribution in [0.2, 0.25) is 0 Å². The Morgan fingerprint density at radius 1 is 1.80 bits per heavy atom. The summed E-state index contributed by atoms with van der Waals surface area (Å²) in [5.41, 5.74) is -0.505. The molecular weight excluding hydrogens is 130 g/mol. The number of ether oxygens (including phenoxy) is 1. The first-order valence-corrected chi connectivity index (χ1v) is 3.64. The lowest BCUT2D eigenvalue weighted by Crippen LogP contribution is -2.36. The molecule has 0 bridgehead atoms. The smallest absolute Gasteiger partial charge is 0.153 e. The fourth-order valence-electron chi connectivity index (χ4n) is 1.23. The Kier molecular flexibility index (Phi) is 2.40. The van der Waals surface area contributed by atoms with E-state index >= 15 is 0 Å². The summed E-state index contributed by atoms with van der Waals surface area (Å²) in [5, 5.41) is 3.09. The van der Waals surface area contributed by atoms with E-state index in [-0.39, 0.29) is 0 Å². The van der Waals surface area contributed by atoms with Crippen molar-refractivity contribution in [1.29, 1.82) is 0 Å². The van der Waals surface area contributed by atoms with Crippen molar-refractivity contribution >= 4 is 6.29 Å². The summed E-state index contributed by atoms with van der Waals surface area (Å²) >= 11 is 0. The number of hydrogen-bond acceptors (Lipinski definition) is 3. The molecule has 3 nitrogen and oxygen atoms in total. The van der Waals surface area contributed by atoms with Gasteiger partial charge in [-0.1, -0.05) is 0 Å². The van der Waals surface area contributed by atoms with Crippen LogP contribution in [0.5, 0.6) is 0 Å². The zero-order valence-electron chi connectivity index (χ0n) is 6.22. The molecule has 0 aromatic heterocycles. The van der Waals surface area contributed by atoms with E-state index in [1.165, 1.54) is 0 Å². The Hall–Kier alpha value is -0.410. The van der Waals surface area contributed by atoms with Gasteiger partial charge in [0.15, 0.2) is 6.29 Å². The zero-order valence-corrected chi connectivity index (χ0v) is 6.22. The highest BCUT2D eigenvalue weighted by atomic mass is 16.5. The van der Waals surface area contributed by atoms with Crippen molar-refractivity contribution in [2.75, 3.05) is 19.7 Å². The van der Waals surface area contributed by atoms with Crippen molar-refractivity contribution < 1.29 is 9.53 Å². The van der Waals surface area contributed by atoms with Crippen LogP contribution >= 0.6 is 0 Å². The molecule has 1 atom stereocenters. The average Bonchev–Trinajstić information content (AvgIpc) is 2.39. The molecule has 3 heteroatoms. The van der Waals surface area contributed by atoms with Crippen molar-refractivity contribution in [2.45, 2.75) is 18.9 Å². The third kappa shape index (κ3) is 1.36. The van der Waals surface area contributed by atoms with Crippen LogP contribution < -0.4 is 5.32 Å². The Morgan fingerprint density at radius 2 is 2.60 bits per heavy atom. The average molecular weight is 143 g/mol. The molecule has 1 rings (SSSR count). The van der Waals surface area contributed by atoms with Crippen molar-refractivity contribution in [3.63, 3.8) is 0 Å². The molecule has 0 amide bonds. The van der Waals surface area contributed by atoms with E-state index in [1.54, 1.807) is 0 Å². The van der Waals surface area contributed by atoms with Crippen LogP contribution in [0, 0.1) is 0 Å². The van der Waals surface area contributed by atoms with Gasteiger partial charge in [0.05, 0.1) is 0 Å². The number of rotatable bonds is 3. The highest BCUT2D eigenvalue weighted by Gasteiger charge is 2.33. The van der Waals surface area contributed by atoms with Crippen LogP contribution in [0.15, 0.2) is 0 Å². The lowest BCUT2D eigenvalue weighted by atomic mass is 10.1. The molecule has 1 aliphatic heterocycles.